The van der Waals surface area contributed by atoms with E-state index in [1.807, 2.05) is 41.2 Å². The third kappa shape index (κ3) is 2.49. The average molecular weight is 230 g/mol. The van der Waals surface area contributed by atoms with Crippen LogP contribution in [0.1, 0.15) is 20.8 Å². The minimum atomic E-state index is 0.0186. The first-order valence-electron chi connectivity index (χ1n) is 5.71. The van der Waals surface area contributed by atoms with Crippen molar-refractivity contribution in [2.45, 2.75) is 26.3 Å². The summed E-state index contributed by atoms with van der Waals surface area (Å²) in [5, 5.41) is 4.58. The average Bonchev–Trinajstić information content (AvgIpc) is 2.78. The summed E-state index contributed by atoms with van der Waals surface area (Å²) in [6, 6.07) is 9.98. The summed E-state index contributed by atoms with van der Waals surface area (Å²) in [4.78, 5) is 0. The van der Waals surface area contributed by atoms with Crippen molar-refractivity contribution in [1.29, 1.82) is 0 Å². The van der Waals surface area contributed by atoms with Gasteiger partial charge < -0.3 is 4.74 Å². The molecule has 90 valence electrons. The molecule has 0 aliphatic carbocycles. The Morgan fingerprint density at radius 1 is 1.06 bits per heavy atom. The van der Waals surface area contributed by atoms with Crippen molar-refractivity contribution in [2.24, 2.45) is 0 Å². The molecule has 0 fully saturated rings. The molecule has 0 radical (unpaired) electrons. The van der Waals surface area contributed by atoms with Crippen LogP contribution in [0.4, 0.5) is 0 Å². The lowest BCUT2D eigenvalue weighted by molar-refractivity contribution is 0.356. The van der Waals surface area contributed by atoms with Gasteiger partial charge in [-0.1, -0.05) is 0 Å². The van der Waals surface area contributed by atoms with Crippen LogP contribution in [0.3, 0.4) is 0 Å². The van der Waals surface area contributed by atoms with Crippen molar-refractivity contribution in [3.8, 4) is 17.0 Å². The molecule has 0 saturated carbocycles. The number of benzene rings is 1. The summed E-state index contributed by atoms with van der Waals surface area (Å²) in [5.74, 6) is 0.865. The van der Waals surface area contributed by atoms with E-state index in [4.69, 9.17) is 4.74 Å². The van der Waals surface area contributed by atoms with Crippen LogP contribution in [-0.2, 0) is 5.54 Å². The molecular weight excluding hydrogens is 212 g/mol. The van der Waals surface area contributed by atoms with Crippen LogP contribution < -0.4 is 4.74 Å². The normalized spacial score (nSPS) is 11.5. The van der Waals surface area contributed by atoms with Gasteiger partial charge in [0.05, 0.1) is 18.3 Å². The van der Waals surface area contributed by atoms with Gasteiger partial charge in [-0.05, 0) is 51.1 Å². The SMILES string of the molecule is COc1ccc(-c2ccn(C(C)(C)C)n2)cc1. The topological polar surface area (TPSA) is 27.1 Å². The van der Waals surface area contributed by atoms with Gasteiger partial charge >= 0.3 is 0 Å². The first-order valence-corrected chi connectivity index (χ1v) is 5.71. The van der Waals surface area contributed by atoms with Crippen molar-refractivity contribution in [3.63, 3.8) is 0 Å². The van der Waals surface area contributed by atoms with E-state index in [1.165, 1.54) is 0 Å². The number of hydrogen-bond acceptors (Lipinski definition) is 2. The predicted molar refractivity (Wildman–Crippen MR) is 69.2 cm³/mol. The van der Waals surface area contributed by atoms with E-state index in [-0.39, 0.29) is 5.54 Å². The molecule has 0 bridgehead atoms. The van der Waals surface area contributed by atoms with E-state index >= 15 is 0 Å². The summed E-state index contributed by atoms with van der Waals surface area (Å²) in [7, 11) is 1.67. The van der Waals surface area contributed by atoms with E-state index in [0.717, 1.165) is 17.0 Å². The monoisotopic (exact) mass is 230 g/mol. The Balaban J connectivity index is 2.30. The molecule has 2 rings (SSSR count). The van der Waals surface area contributed by atoms with Gasteiger partial charge in [-0.3, -0.25) is 4.68 Å². The molecule has 0 amide bonds. The van der Waals surface area contributed by atoms with Crippen LogP contribution in [0.5, 0.6) is 5.75 Å². The number of hydrogen-bond donors (Lipinski definition) is 0. The van der Waals surface area contributed by atoms with Crippen LogP contribution >= 0.6 is 0 Å². The molecule has 17 heavy (non-hydrogen) atoms. The van der Waals surface area contributed by atoms with Crippen LogP contribution in [-0.4, -0.2) is 16.9 Å². The molecule has 2 aromatic rings. The second-order valence-corrected chi connectivity index (χ2v) is 5.04. The molecule has 0 unspecified atom stereocenters. The third-order valence-electron chi connectivity index (χ3n) is 2.66. The van der Waals surface area contributed by atoms with E-state index in [9.17, 15) is 0 Å². The molecule has 0 N–H and O–H groups in total. The highest BCUT2D eigenvalue weighted by Crippen LogP contribution is 2.22. The van der Waals surface area contributed by atoms with Gasteiger partial charge in [0.2, 0.25) is 0 Å². The van der Waals surface area contributed by atoms with E-state index < -0.39 is 0 Å². The molecule has 1 aromatic heterocycles. The molecular formula is C14H18N2O. The molecule has 3 heteroatoms. The third-order valence-corrected chi connectivity index (χ3v) is 2.66. The predicted octanol–water partition coefficient (Wildman–Crippen LogP) is 3.31. The van der Waals surface area contributed by atoms with Gasteiger partial charge in [0.25, 0.3) is 0 Å². The van der Waals surface area contributed by atoms with Crippen molar-refractivity contribution in [2.75, 3.05) is 7.11 Å². The van der Waals surface area contributed by atoms with Crippen LogP contribution in [0.25, 0.3) is 11.3 Å². The summed E-state index contributed by atoms with van der Waals surface area (Å²) >= 11 is 0. The molecule has 1 heterocycles. The minimum Gasteiger partial charge on any atom is -0.497 e. The fraction of sp³-hybridized carbons (Fsp3) is 0.357. The van der Waals surface area contributed by atoms with E-state index in [0.29, 0.717) is 0 Å². The highest BCUT2D eigenvalue weighted by atomic mass is 16.5. The van der Waals surface area contributed by atoms with Crippen LogP contribution in [0.2, 0.25) is 0 Å². The lowest BCUT2D eigenvalue weighted by atomic mass is 10.1. The summed E-state index contributed by atoms with van der Waals surface area (Å²) in [6.07, 6.45) is 2.01. The Morgan fingerprint density at radius 2 is 1.71 bits per heavy atom. The summed E-state index contributed by atoms with van der Waals surface area (Å²) in [6.45, 7) is 6.41. The number of rotatable bonds is 2. The van der Waals surface area contributed by atoms with E-state index in [2.05, 4.69) is 25.9 Å². The molecule has 1 aromatic carbocycles. The number of methoxy groups -OCH3 is 1. The van der Waals surface area contributed by atoms with Crippen LogP contribution in [0.15, 0.2) is 36.5 Å². The molecule has 0 aliphatic heterocycles. The van der Waals surface area contributed by atoms with Gasteiger partial charge in [-0.25, -0.2) is 0 Å². The second kappa shape index (κ2) is 4.24. The fourth-order valence-electron chi connectivity index (χ4n) is 1.61. The van der Waals surface area contributed by atoms with Crippen LogP contribution in [0, 0.1) is 0 Å². The zero-order valence-corrected chi connectivity index (χ0v) is 10.8. The zero-order valence-electron chi connectivity index (χ0n) is 10.8. The van der Waals surface area contributed by atoms with Gasteiger partial charge in [0.1, 0.15) is 5.75 Å². The standard InChI is InChI=1S/C14H18N2O/c1-14(2,3)16-10-9-13(15-16)11-5-7-12(17-4)8-6-11/h5-10H,1-4H3. The fourth-order valence-corrected chi connectivity index (χ4v) is 1.61. The Labute approximate surface area is 102 Å². The number of nitrogens with zero attached hydrogens (tertiary/aromatic N) is 2. The molecule has 3 nitrogen and oxygen atoms in total. The van der Waals surface area contributed by atoms with Crippen molar-refractivity contribution in [1.82, 2.24) is 9.78 Å². The molecule has 0 saturated heterocycles. The zero-order chi connectivity index (χ0) is 12.5. The minimum absolute atomic E-state index is 0.0186. The van der Waals surface area contributed by atoms with Crippen molar-refractivity contribution >= 4 is 0 Å². The second-order valence-electron chi connectivity index (χ2n) is 5.04. The van der Waals surface area contributed by atoms with Gasteiger partial charge in [0, 0.05) is 11.8 Å². The van der Waals surface area contributed by atoms with Gasteiger partial charge in [-0.2, -0.15) is 5.10 Å². The highest BCUT2D eigenvalue weighted by molar-refractivity contribution is 5.59. The first-order chi connectivity index (χ1) is 8.00. The maximum atomic E-state index is 5.14. The molecule has 0 spiro atoms. The largest absolute Gasteiger partial charge is 0.497 e. The Hall–Kier alpha value is -1.77. The first kappa shape index (κ1) is 11.7. The molecule has 0 aliphatic rings. The Bertz CT molecular complexity index is 492. The number of ether oxygens (including phenoxy) is 1. The maximum Gasteiger partial charge on any atom is 0.118 e. The van der Waals surface area contributed by atoms with Crippen molar-refractivity contribution in [3.05, 3.63) is 36.5 Å². The summed E-state index contributed by atoms with van der Waals surface area (Å²) < 4.78 is 7.12. The maximum absolute atomic E-state index is 5.14. The highest BCUT2D eigenvalue weighted by Gasteiger charge is 2.14. The van der Waals surface area contributed by atoms with E-state index in [1.54, 1.807) is 7.11 Å². The smallest absolute Gasteiger partial charge is 0.118 e. The van der Waals surface area contributed by atoms with Crippen molar-refractivity contribution < 1.29 is 4.74 Å². The molecule has 0 atom stereocenters. The number of aromatic nitrogens is 2. The lowest BCUT2D eigenvalue weighted by Crippen LogP contribution is -2.22. The Morgan fingerprint density at radius 3 is 2.18 bits per heavy atom. The summed E-state index contributed by atoms with van der Waals surface area (Å²) in [5.41, 5.74) is 2.11. The lowest BCUT2D eigenvalue weighted by Gasteiger charge is -2.18. The van der Waals surface area contributed by atoms with Gasteiger partial charge in [-0.15, -0.1) is 0 Å². The quantitative estimate of drug-likeness (QED) is 0.791. The van der Waals surface area contributed by atoms with Gasteiger partial charge in [0.15, 0.2) is 0 Å². The Kier molecular flexibility index (Phi) is 2.92.